The average molecular weight is 481 g/mol. The minimum absolute atomic E-state index is 0.0794. The molecule has 35 heavy (non-hydrogen) atoms. The van der Waals surface area contributed by atoms with Gasteiger partial charge in [-0.15, -0.1) is 0 Å². The Kier molecular flexibility index (Phi) is 7.57. The van der Waals surface area contributed by atoms with Gasteiger partial charge in [-0.2, -0.15) is 5.10 Å². The Hall–Kier alpha value is -3.16. The van der Waals surface area contributed by atoms with Crippen molar-refractivity contribution in [2.45, 2.75) is 90.4 Å². The molecule has 4 rings (SSSR count). The van der Waals surface area contributed by atoms with Crippen LogP contribution in [0.5, 0.6) is 0 Å². The van der Waals surface area contributed by atoms with Crippen LogP contribution in [0.4, 0.5) is 0 Å². The van der Waals surface area contributed by atoms with Crippen LogP contribution in [-0.4, -0.2) is 50.7 Å². The van der Waals surface area contributed by atoms with Crippen LogP contribution in [0.2, 0.25) is 0 Å². The van der Waals surface area contributed by atoms with Gasteiger partial charge in [-0.1, -0.05) is 56.4 Å². The average Bonchev–Trinajstić information content (AvgIpc) is 3.23. The highest BCUT2D eigenvalue weighted by Crippen LogP contribution is 2.31. The van der Waals surface area contributed by atoms with Gasteiger partial charge in [-0.25, -0.2) is 4.79 Å². The number of carbonyl (C=O) groups excluding carboxylic acids is 3. The van der Waals surface area contributed by atoms with Crippen molar-refractivity contribution in [3.63, 3.8) is 0 Å². The van der Waals surface area contributed by atoms with E-state index in [0.29, 0.717) is 6.54 Å². The van der Waals surface area contributed by atoms with Gasteiger partial charge in [0.15, 0.2) is 5.69 Å². The maximum atomic E-state index is 13.8. The van der Waals surface area contributed by atoms with Gasteiger partial charge in [0.05, 0.1) is 13.2 Å². The van der Waals surface area contributed by atoms with Crippen molar-refractivity contribution in [1.29, 1.82) is 0 Å². The topological polar surface area (TPSA) is 93.5 Å². The zero-order chi connectivity index (χ0) is 25.0. The Morgan fingerprint density at radius 2 is 1.83 bits per heavy atom. The van der Waals surface area contributed by atoms with Crippen LogP contribution < -0.4 is 5.32 Å². The van der Waals surface area contributed by atoms with E-state index in [2.05, 4.69) is 10.4 Å². The third-order valence-corrected chi connectivity index (χ3v) is 7.30. The number of hydrogen-bond donors (Lipinski definition) is 1. The van der Waals surface area contributed by atoms with E-state index in [-0.39, 0.29) is 42.4 Å². The zero-order valence-electron chi connectivity index (χ0n) is 21.0. The highest BCUT2D eigenvalue weighted by Gasteiger charge is 2.48. The molecule has 8 nitrogen and oxygen atoms in total. The van der Waals surface area contributed by atoms with Gasteiger partial charge in [0.1, 0.15) is 11.2 Å². The van der Waals surface area contributed by atoms with Gasteiger partial charge >= 0.3 is 5.97 Å². The van der Waals surface area contributed by atoms with Gasteiger partial charge in [0.25, 0.3) is 5.91 Å². The number of aromatic nitrogens is 2. The van der Waals surface area contributed by atoms with Crippen LogP contribution in [0.3, 0.4) is 0 Å². The number of aryl methyl sites for hydroxylation is 1. The molecule has 0 saturated heterocycles. The van der Waals surface area contributed by atoms with Crippen molar-refractivity contribution in [2.75, 3.05) is 6.61 Å². The van der Waals surface area contributed by atoms with Crippen molar-refractivity contribution in [3.8, 4) is 0 Å². The summed E-state index contributed by atoms with van der Waals surface area (Å²) in [6.45, 7) is 6.20. The lowest BCUT2D eigenvalue weighted by Gasteiger charge is -2.44. The summed E-state index contributed by atoms with van der Waals surface area (Å²) in [7, 11) is 0. The molecule has 2 aromatic rings. The van der Waals surface area contributed by atoms with E-state index in [1.807, 2.05) is 31.2 Å². The van der Waals surface area contributed by atoms with Gasteiger partial charge < -0.3 is 15.0 Å². The zero-order valence-corrected chi connectivity index (χ0v) is 21.0. The normalized spacial score (nSPS) is 21.1. The maximum Gasteiger partial charge on any atom is 0.358 e. The molecular weight excluding hydrogens is 444 g/mol. The molecule has 8 heteroatoms. The lowest BCUT2D eigenvalue weighted by atomic mass is 9.91. The summed E-state index contributed by atoms with van der Waals surface area (Å²) in [4.78, 5) is 41.5. The Labute approximate surface area is 207 Å². The second kappa shape index (κ2) is 10.6. The smallest absolute Gasteiger partial charge is 0.358 e. The Morgan fingerprint density at radius 3 is 2.51 bits per heavy atom. The molecule has 0 unspecified atom stereocenters. The van der Waals surface area contributed by atoms with E-state index in [1.165, 1.54) is 30.0 Å². The van der Waals surface area contributed by atoms with Crippen LogP contribution in [-0.2, 0) is 22.6 Å². The summed E-state index contributed by atoms with van der Waals surface area (Å²) < 4.78 is 6.57. The first-order valence-corrected chi connectivity index (χ1v) is 12.8. The Morgan fingerprint density at radius 1 is 1.14 bits per heavy atom. The lowest BCUT2D eigenvalue weighted by Crippen LogP contribution is -2.64. The summed E-state index contributed by atoms with van der Waals surface area (Å²) in [5.74, 6) is -1.07. The summed E-state index contributed by atoms with van der Waals surface area (Å²) >= 11 is 0. The number of hydrogen-bond acceptors (Lipinski definition) is 5. The number of benzene rings is 1. The predicted octanol–water partition coefficient (Wildman–Crippen LogP) is 4.01. The number of nitrogens with zero attached hydrogens (tertiary/aromatic N) is 3. The molecule has 1 aromatic heterocycles. The fourth-order valence-electron chi connectivity index (χ4n) is 5.09. The fourth-order valence-corrected chi connectivity index (χ4v) is 5.09. The van der Waals surface area contributed by atoms with Crippen LogP contribution >= 0.6 is 0 Å². The summed E-state index contributed by atoms with van der Waals surface area (Å²) in [5.41, 5.74) is 1.24. The first kappa shape index (κ1) is 24.9. The second-order valence-electron chi connectivity index (χ2n) is 9.90. The molecule has 2 amide bonds. The molecule has 188 valence electrons. The predicted molar refractivity (Wildman–Crippen MR) is 132 cm³/mol. The first-order chi connectivity index (χ1) is 16.8. The van der Waals surface area contributed by atoms with Gasteiger partial charge in [0, 0.05) is 18.7 Å². The van der Waals surface area contributed by atoms with E-state index in [9.17, 15) is 14.4 Å². The largest absolute Gasteiger partial charge is 0.461 e. The van der Waals surface area contributed by atoms with Crippen molar-refractivity contribution >= 4 is 17.8 Å². The number of carbonyl (C=O) groups is 3. The molecule has 1 aliphatic carbocycles. The van der Waals surface area contributed by atoms with Crippen molar-refractivity contribution in [3.05, 3.63) is 52.8 Å². The summed E-state index contributed by atoms with van der Waals surface area (Å²) in [6.07, 6.45) is 7.73. The molecule has 0 spiro atoms. The number of amides is 2. The quantitative estimate of drug-likeness (QED) is 0.631. The molecule has 0 radical (unpaired) electrons. The number of rotatable bonds is 6. The van der Waals surface area contributed by atoms with Gasteiger partial charge in [-0.05, 0) is 44.7 Å². The Balaban J connectivity index is 1.67. The van der Waals surface area contributed by atoms with Crippen LogP contribution in [0.15, 0.2) is 30.3 Å². The highest BCUT2D eigenvalue weighted by atomic mass is 16.5. The van der Waals surface area contributed by atoms with Crippen molar-refractivity contribution < 1.29 is 19.1 Å². The number of fused-ring (bicyclic) bond motifs is 1. The Bertz CT molecular complexity index is 1090. The fraction of sp³-hybridized carbons (Fsp3) is 0.556. The van der Waals surface area contributed by atoms with E-state index in [0.717, 1.165) is 36.8 Å². The van der Waals surface area contributed by atoms with E-state index < -0.39 is 11.5 Å². The minimum Gasteiger partial charge on any atom is -0.461 e. The first-order valence-electron chi connectivity index (χ1n) is 12.8. The molecule has 0 bridgehead atoms. The lowest BCUT2D eigenvalue weighted by molar-refractivity contribution is -0.134. The molecule has 1 saturated carbocycles. The molecule has 1 aromatic carbocycles. The number of nitrogens with one attached hydrogen (secondary N) is 1. The molecule has 1 fully saturated rings. The summed E-state index contributed by atoms with van der Waals surface area (Å²) in [5, 5.41) is 7.61. The highest BCUT2D eigenvalue weighted by molar-refractivity contribution is 6.01. The molecule has 1 N–H and O–H groups in total. The van der Waals surface area contributed by atoms with Crippen LogP contribution in [0.25, 0.3) is 0 Å². The third-order valence-electron chi connectivity index (χ3n) is 7.30. The van der Waals surface area contributed by atoms with Gasteiger partial charge in [0.2, 0.25) is 5.91 Å². The van der Waals surface area contributed by atoms with E-state index >= 15 is 0 Å². The second-order valence-corrected chi connectivity index (χ2v) is 9.90. The number of esters is 1. The monoisotopic (exact) mass is 480 g/mol. The van der Waals surface area contributed by atoms with E-state index in [1.54, 1.807) is 18.7 Å². The molecular formula is C27H36N4O4. The molecule has 2 heterocycles. The SMILES string of the molecule is CCOC(=O)c1cc2n(n1)C[C@](C)(C(=O)NC1CCCCCCC1)N(Cc1ccccc1C)C2=O. The molecule has 1 atom stereocenters. The van der Waals surface area contributed by atoms with Gasteiger partial charge in [-0.3, -0.25) is 14.3 Å². The van der Waals surface area contributed by atoms with Crippen LogP contribution in [0.1, 0.15) is 90.9 Å². The molecule has 1 aliphatic heterocycles. The molecule has 2 aliphatic rings. The maximum absolute atomic E-state index is 13.8. The van der Waals surface area contributed by atoms with Crippen molar-refractivity contribution in [1.82, 2.24) is 20.0 Å². The standard InChI is InChI=1S/C27H36N4O4/c1-4-35-25(33)22-16-23-24(32)30(17-20-13-11-10-12-19(20)2)27(3,18-31(23)29-22)26(34)28-21-14-8-6-5-7-9-15-21/h10-13,16,21H,4-9,14-15,17-18H2,1-3H3,(H,28,34)/t27-/m1/s1. The van der Waals surface area contributed by atoms with Crippen molar-refractivity contribution in [2.24, 2.45) is 0 Å². The third kappa shape index (κ3) is 5.26. The summed E-state index contributed by atoms with van der Waals surface area (Å²) in [6, 6.07) is 9.44. The number of ether oxygens (including phenoxy) is 1. The van der Waals surface area contributed by atoms with Crippen LogP contribution in [0, 0.1) is 6.92 Å². The van der Waals surface area contributed by atoms with E-state index in [4.69, 9.17) is 4.74 Å². The minimum atomic E-state index is -1.16.